The van der Waals surface area contributed by atoms with Crippen LogP contribution in [0.4, 0.5) is 0 Å². The molecule has 0 radical (unpaired) electrons. The Hall–Kier alpha value is -1.77. The van der Waals surface area contributed by atoms with E-state index in [-0.39, 0.29) is 0 Å². The van der Waals surface area contributed by atoms with Crippen molar-refractivity contribution in [2.45, 2.75) is 37.6 Å². The lowest BCUT2D eigenvalue weighted by Gasteiger charge is -2.33. The van der Waals surface area contributed by atoms with Gasteiger partial charge < -0.3 is 4.52 Å². The van der Waals surface area contributed by atoms with Crippen molar-refractivity contribution in [1.29, 1.82) is 0 Å². The Balaban J connectivity index is 1.42. The first-order chi connectivity index (χ1) is 12.0. The normalized spacial score (nSPS) is 19.2. The van der Waals surface area contributed by atoms with Crippen LogP contribution in [0.3, 0.4) is 0 Å². The predicted molar refractivity (Wildman–Crippen MR) is 91.5 cm³/mol. The fraction of sp³-hybridized carbons (Fsp3) is 0.529. The molecule has 1 aliphatic heterocycles. The molecule has 134 valence electrons. The summed E-state index contributed by atoms with van der Waals surface area (Å²) < 4.78 is 32.6. The number of fused-ring (bicyclic) bond motifs is 1. The average molecular weight is 362 g/mol. The Morgan fingerprint density at radius 2 is 1.88 bits per heavy atom. The molecule has 0 amide bonds. The zero-order chi connectivity index (χ0) is 17.4. The highest BCUT2D eigenvalue weighted by molar-refractivity contribution is 7.89. The molecule has 0 N–H and O–H groups in total. The van der Waals surface area contributed by atoms with Crippen LogP contribution < -0.4 is 0 Å². The Morgan fingerprint density at radius 1 is 1.12 bits per heavy atom. The van der Waals surface area contributed by atoms with Crippen molar-refractivity contribution in [3.05, 3.63) is 41.0 Å². The van der Waals surface area contributed by atoms with E-state index in [9.17, 15) is 8.42 Å². The van der Waals surface area contributed by atoms with E-state index in [0.717, 1.165) is 19.3 Å². The predicted octanol–water partition coefficient (Wildman–Crippen LogP) is 1.37. The van der Waals surface area contributed by atoms with Gasteiger partial charge in [-0.2, -0.15) is 9.29 Å². The third-order valence-electron chi connectivity index (χ3n) is 4.97. The van der Waals surface area contributed by atoms with Gasteiger partial charge >= 0.3 is 0 Å². The highest BCUT2D eigenvalue weighted by atomic mass is 32.2. The first-order valence-electron chi connectivity index (χ1n) is 8.66. The van der Waals surface area contributed by atoms with E-state index in [1.165, 1.54) is 11.1 Å². The van der Waals surface area contributed by atoms with E-state index >= 15 is 0 Å². The molecule has 1 aliphatic carbocycles. The van der Waals surface area contributed by atoms with Gasteiger partial charge in [0.25, 0.3) is 0 Å². The molecule has 1 fully saturated rings. The van der Waals surface area contributed by atoms with E-state index in [2.05, 4.69) is 15.0 Å². The summed E-state index contributed by atoms with van der Waals surface area (Å²) in [5.74, 6) is 1.19. The quantitative estimate of drug-likeness (QED) is 0.817. The van der Waals surface area contributed by atoms with Gasteiger partial charge in [-0.15, -0.1) is 0 Å². The molecule has 0 bridgehead atoms. The zero-order valence-corrected chi connectivity index (χ0v) is 15.1. The Bertz CT molecular complexity index is 870. The van der Waals surface area contributed by atoms with Gasteiger partial charge in [-0.05, 0) is 49.4 Å². The minimum absolute atomic E-state index is 0.425. The number of benzene rings is 1. The molecule has 0 unspecified atom stereocenters. The summed E-state index contributed by atoms with van der Waals surface area (Å²) in [7, 11) is -3.42. The second kappa shape index (κ2) is 6.51. The van der Waals surface area contributed by atoms with Crippen molar-refractivity contribution in [2.75, 3.05) is 26.2 Å². The summed E-state index contributed by atoms with van der Waals surface area (Å²) >= 11 is 0. The van der Waals surface area contributed by atoms with Crippen LogP contribution in [0.5, 0.6) is 0 Å². The average Bonchev–Trinajstić information content (AvgIpc) is 3.23. The van der Waals surface area contributed by atoms with Crippen LogP contribution in [0.25, 0.3) is 0 Å². The Labute approximate surface area is 147 Å². The number of hydrogen-bond donors (Lipinski definition) is 0. The topological polar surface area (TPSA) is 79.5 Å². The maximum Gasteiger partial charge on any atom is 0.243 e. The lowest BCUT2D eigenvalue weighted by Crippen LogP contribution is -2.48. The van der Waals surface area contributed by atoms with Gasteiger partial charge in [0.15, 0.2) is 5.82 Å². The molecule has 1 saturated heterocycles. The van der Waals surface area contributed by atoms with Crippen LogP contribution in [0, 0.1) is 6.92 Å². The summed E-state index contributed by atoms with van der Waals surface area (Å²) in [6.07, 6.45) is 3.16. The van der Waals surface area contributed by atoms with Crippen molar-refractivity contribution < 1.29 is 12.9 Å². The molecule has 8 heteroatoms. The number of aromatic nitrogens is 2. The van der Waals surface area contributed by atoms with Crippen molar-refractivity contribution >= 4 is 10.0 Å². The minimum atomic E-state index is -3.42. The van der Waals surface area contributed by atoms with Gasteiger partial charge in [0, 0.05) is 26.2 Å². The summed E-state index contributed by atoms with van der Waals surface area (Å²) in [6.45, 7) is 4.62. The molecule has 4 rings (SSSR count). The molecule has 2 heterocycles. The third kappa shape index (κ3) is 3.33. The Kier molecular flexibility index (Phi) is 4.35. The number of aryl methyl sites for hydroxylation is 3. The molecular formula is C17H22N4O3S. The number of nitrogens with zero attached hydrogens (tertiary/aromatic N) is 4. The first-order valence-corrected chi connectivity index (χ1v) is 10.1. The molecular weight excluding hydrogens is 340 g/mol. The lowest BCUT2D eigenvalue weighted by molar-refractivity contribution is 0.163. The zero-order valence-electron chi connectivity index (χ0n) is 14.3. The van der Waals surface area contributed by atoms with Crippen LogP contribution >= 0.6 is 0 Å². The third-order valence-corrected chi connectivity index (χ3v) is 6.86. The van der Waals surface area contributed by atoms with Crippen molar-refractivity contribution in [3.8, 4) is 0 Å². The van der Waals surface area contributed by atoms with Gasteiger partial charge in [0.2, 0.25) is 15.9 Å². The van der Waals surface area contributed by atoms with Gasteiger partial charge in [0.05, 0.1) is 11.4 Å². The first kappa shape index (κ1) is 16.7. The Morgan fingerprint density at radius 3 is 2.60 bits per heavy atom. The number of hydrogen-bond acceptors (Lipinski definition) is 6. The van der Waals surface area contributed by atoms with Gasteiger partial charge in [-0.25, -0.2) is 8.42 Å². The molecule has 1 aromatic heterocycles. The molecule has 2 aromatic rings. The molecule has 1 aromatic carbocycles. The van der Waals surface area contributed by atoms with E-state index in [0.29, 0.717) is 49.3 Å². The number of piperazine rings is 1. The van der Waals surface area contributed by atoms with Crippen molar-refractivity contribution in [3.63, 3.8) is 0 Å². The van der Waals surface area contributed by atoms with E-state index in [1.54, 1.807) is 17.3 Å². The summed E-state index contributed by atoms with van der Waals surface area (Å²) in [5.41, 5.74) is 2.48. The highest BCUT2D eigenvalue weighted by Crippen LogP contribution is 2.26. The number of sulfonamides is 1. The highest BCUT2D eigenvalue weighted by Gasteiger charge is 2.29. The molecule has 25 heavy (non-hydrogen) atoms. The monoisotopic (exact) mass is 362 g/mol. The fourth-order valence-electron chi connectivity index (χ4n) is 3.58. The van der Waals surface area contributed by atoms with Crippen LogP contribution in [-0.4, -0.2) is 53.9 Å². The SMILES string of the molecule is Cc1noc(CN2CCN(S(=O)(=O)c3ccc4c(c3)CCC4)CC2)n1. The van der Waals surface area contributed by atoms with Crippen molar-refractivity contribution in [1.82, 2.24) is 19.3 Å². The molecule has 7 nitrogen and oxygen atoms in total. The molecule has 0 atom stereocenters. The summed E-state index contributed by atoms with van der Waals surface area (Å²) in [5, 5.41) is 3.79. The summed E-state index contributed by atoms with van der Waals surface area (Å²) in [6, 6.07) is 5.60. The fourth-order valence-corrected chi connectivity index (χ4v) is 5.05. The second-order valence-corrected chi connectivity index (χ2v) is 8.64. The maximum atomic E-state index is 12.9. The van der Waals surface area contributed by atoms with Crippen LogP contribution in [-0.2, 0) is 29.4 Å². The van der Waals surface area contributed by atoms with Gasteiger partial charge in [0.1, 0.15) is 0 Å². The smallest absolute Gasteiger partial charge is 0.243 e. The van der Waals surface area contributed by atoms with Crippen LogP contribution in [0.15, 0.2) is 27.6 Å². The van der Waals surface area contributed by atoms with Crippen LogP contribution in [0.1, 0.15) is 29.3 Å². The molecule has 0 spiro atoms. The van der Waals surface area contributed by atoms with Crippen LogP contribution in [0.2, 0.25) is 0 Å². The standard InChI is InChI=1S/C17H22N4O3S/c1-13-18-17(24-19-13)12-20-7-9-21(10-8-20)25(22,23)16-6-5-14-3-2-4-15(14)11-16/h5-6,11H,2-4,7-10,12H2,1H3. The van der Waals surface area contributed by atoms with Crippen molar-refractivity contribution in [2.24, 2.45) is 0 Å². The van der Waals surface area contributed by atoms with E-state index < -0.39 is 10.0 Å². The largest absolute Gasteiger partial charge is 0.338 e. The lowest BCUT2D eigenvalue weighted by atomic mass is 10.1. The summed E-state index contributed by atoms with van der Waals surface area (Å²) in [4.78, 5) is 6.77. The second-order valence-electron chi connectivity index (χ2n) is 6.70. The van der Waals surface area contributed by atoms with E-state index in [4.69, 9.17) is 4.52 Å². The minimum Gasteiger partial charge on any atom is -0.338 e. The van der Waals surface area contributed by atoms with E-state index in [1.807, 2.05) is 12.1 Å². The van der Waals surface area contributed by atoms with Gasteiger partial charge in [-0.1, -0.05) is 11.2 Å². The molecule has 0 saturated carbocycles. The maximum absolute atomic E-state index is 12.9. The number of rotatable bonds is 4. The van der Waals surface area contributed by atoms with Gasteiger partial charge in [-0.3, -0.25) is 4.90 Å². The molecule has 2 aliphatic rings.